The molecule has 1 atom stereocenters. The molecule has 2 aliphatic rings. The van der Waals surface area contributed by atoms with E-state index in [2.05, 4.69) is 10.6 Å². The molecule has 0 aliphatic carbocycles. The van der Waals surface area contributed by atoms with E-state index in [1.807, 2.05) is 12.1 Å². The van der Waals surface area contributed by atoms with E-state index in [1.165, 1.54) is 12.8 Å². The Hall–Kier alpha value is -1.75. The van der Waals surface area contributed by atoms with Gasteiger partial charge in [0.1, 0.15) is 13.2 Å². The third-order valence-electron chi connectivity index (χ3n) is 3.76. The van der Waals surface area contributed by atoms with Gasteiger partial charge < -0.3 is 20.1 Å². The molecule has 2 heterocycles. The molecule has 0 saturated carbocycles. The van der Waals surface area contributed by atoms with Gasteiger partial charge in [-0.05, 0) is 44.0 Å². The summed E-state index contributed by atoms with van der Waals surface area (Å²) < 4.78 is 11.1. The van der Waals surface area contributed by atoms with Crippen molar-refractivity contribution in [2.45, 2.75) is 12.8 Å². The lowest BCUT2D eigenvalue weighted by Crippen LogP contribution is -2.38. The van der Waals surface area contributed by atoms with Crippen molar-refractivity contribution in [3.05, 3.63) is 23.8 Å². The van der Waals surface area contributed by atoms with Gasteiger partial charge in [-0.2, -0.15) is 0 Å². The molecule has 0 unspecified atom stereocenters. The van der Waals surface area contributed by atoms with Crippen LogP contribution in [0.5, 0.6) is 11.5 Å². The summed E-state index contributed by atoms with van der Waals surface area (Å²) in [6.07, 6.45) is 2.35. The SMILES string of the molecule is O=C(NC[C@@H]1CCCNC1)c1cccc2c1OCCO2. The Kier molecular flexibility index (Phi) is 4.06. The molecule has 2 aliphatic heterocycles. The van der Waals surface area contributed by atoms with Gasteiger partial charge in [-0.15, -0.1) is 0 Å². The quantitative estimate of drug-likeness (QED) is 0.870. The van der Waals surface area contributed by atoms with Crippen LogP contribution in [0.4, 0.5) is 0 Å². The zero-order valence-electron chi connectivity index (χ0n) is 11.5. The highest BCUT2D eigenvalue weighted by Crippen LogP contribution is 2.33. The minimum absolute atomic E-state index is 0.0853. The van der Waals surface area contributed by atoms with Crippen LogP contribution >= 0.6 is 0 Å². The van der Waals surface area contributed by atoms with E-state index < -0.39 is 0 Å². The highest BCUT2D eigenvalue weighted by atomic mass is 16.6. The second-order valence-electron chi connectivity index (χ2n) is 5.25. The van der Waals surface area contributed by atoms with Crippen molar-refractivity contribution in [3.63, 3.8) is 0 Å². The number of fused-ring (bicyclic) bond motifs is 1. The van der Waals surface area contributed by atoms with Gasteiger partial charge in [0.15, 0.2) is 11.5 Å². The monoisotopic (exact) mass is 276 g/mol. The normalized spacial score (nSPS) is 21.3. The Morgan fingerprint density at radius 2 is 2.25 bits per heavy atom. The Bertz CT molecular complexity index is 484. The summed E-state index contributed by atoms with van der Waals surface area (Å²) in [6.45, 7) is 3.79. The fraction of sp³-hybridized carbons (Fsp3) is 0.533. The molecule has 2 N–H and O–H groups in total. The summed E-state index contributed by atoms with van der Waals surface area (Å²) in [5, 5.41) is 6.36. The predicted molar refractivity (Wildman–Crippen MR) is 75.4 cm³/mol. The number of rotatable bonds is 3. The zero-order valence-corrected chi connectivity index (χ0v) is 11.5. The van der Waals surface area contributed by atoms with Crippen LogP contribution in [-0.4, -0.2) is 38.8 Å². The predicted octanol–water partition coefficient (Wildman–Crippen LogP) is 1.19. The fourth-order valence-corrected chi connectivity index (χ4v) is 2.68. The molecule has 1 aromatic carbocycles. The first-order valence-corrected chi connectivity index (χ1v) is 7.22. The molecule has 3 rings (SSSR count). The average Bonchev–Trinajstić information content (AvgIpc) is 2.53. The van der Waals surface area contributed by atoms with Crippen LogP contribution < -0.4 is 20.1 Å². The molecule has 20 heavy (non-hydrogen) atoms. The van der Waals surface area contributed by atoms with Crippen molar-refractivity contribution in [2.75, 3.05) is 32.8 Å². The number of carbonyl (C=O) groups is 1. The summed E-state index contributed by atoms with van der Waals surface area (Å²) in [4.78, 5) is 12.3. The van der Waals surface area contributed by atoms with E-state index >= 15 is 0 Å². The molecule has 0 spiro atoms. The standard InChI is InChI=1S/C15H20N2O3/c18-15(17-10-11-3-2-6-16-9-11)12-4-1-5-13-14(12)20-8-7-19-13/h1,4-5,11,16H,2-3,6-10H2,(H,17,18)/t11-/m1/s1. The van der Waals surface area contributed by atoms with Crippen molar-refractivity contribution >= 4 is 5.91 Å². The first kappa shape index (κ1) is 13.2. The van der Waals surface area contributed by atoms with Crippen molar-refractivity contribution in [2.24, 2.45) is 5.92 Å². The second kappa shape index (κ2) is 6.13. The molecular weight excluding hydrogens is 256 g/mol. The minimum atomic E-state index is -0.0853. The van der Waals surface area contributed by atoms with Gasteiger partial charge in [-0.3, -0.25) is 4.79 Å². The van der Waals surface area contributed by atoms with Crippen molar-refractivity contribution in [1.29, 1.82) is 0 Å². The maximum absolute atomic E-state index is 12.3. The Balaban J connectivity index is 1.64. The molecule has 1 fully saturated rings. The van der Waals surface area contributed by atoms with Crippen molar-refractivity contribution in [3.8, 4) is 11.5 Å². The minimum Gasteiger partial charge on any atom is -0.486 e. The van der Waals surface area contributed by atoms with Crippen LogP contribution in [0.2, 0.25) is 0 Å². The summed E-state index contributed by atoms with van der Waals surface area (Å²) in [5.41, 5.74) is 0.561. The summed E-state index contributed by atoms with van der Waals surface area (Å²) >= 11 is 0. The molecule has 1 aromatic rings. The van der Waals surface area contributed by atoms with Crippen LogP contribution in [0.25, 0.3) is 0 Å². The van der Waals surface area contributed by atoms with E-state index in [0.717, 1.165) is 13.1 Å². The van der Waals surface area contributed by atoms with E-state index in [9.17, 15) is 4.79 Å². The first-order chi connectivity index (χ1) is 9.84. The van der Waals surface area contributed by atoms with Gasteiger partial charge in [0, 0.05) is 6.54 Å². The topological polar surface area (TPSA) is 59.6 Å². The Labute approximate surface area is 118 Å². The third kappa shape index (κ3) is 2.88. The smallest absolute Gasteiger partial charge is 0.255 e. The highest BCUT2D eigenvalue weighted by Gasteiger charge is 2.21. The van der Waals surface area contributed by atoms with Crippen LogP contribution in [0.15, 0.2) is 18.2 Å². The lowest BCUT2D eigenvalue weighted by molar-refractivity contribution is 0.0934. The number of piperidine rings is 1. The Morgan fingerprint density at radius 3 is 3.10 bits per heavy atom. The lowest BCUT2D eigenvalue weighted by Gasteiger charge is -2.24. The second-order valence-corrected chi connectivity index (χ2v) is 5.25. The van der Waals surface area contributed by atoms with Gasteiger partial charge in [-0.25, -0.2) is 0 Å². The summed E-state index contributed by atoms with van der Waals surface area (Å²) in [5.74, 6) is 1.66. The molecular formula is C15H20N2O3. The molecule has 5 nitrogen and oxygen atoms in total. The van der Waals surface area contributed by atoms with Crippen LogP contribution in [0, 0.1) is 5.92 Å². The third-order valence-corrected chi connectivity index (χ3v) is 3.76. The van der Waals surface area contributed by atoms with Gasteiger partial charge in [0.2, 0.25) is 0 Å². The Morgan fingerprint density at radius 1 is 1.35 bits per heavy atom. The van der Waals surface area contributed by atoms with E-state index in [0.29, 0.717) is 42.7 Å². The van der Waals surface area contributed by atoms with E-state index in [4.69, 9.17) is 9.47 Å². The van der Waals surface area contributed by atoms with Gasteiger partial charge in [0.05, 0.1) is 5.56 Å². The van der Waals surface area contributed by atoms with Crippen molar-refractivity contribution in [1.82, 2.24) is 10.6 Å². The molecule has 1 amide bonds. The van der Waals surface area contributed by atoms with Gasteiger partial charge >= 0.3 is 0 Å². The number of para-hydroxylation sites is 1. The van der Waals surface area contributed by atoms with Crippen molar-refractivity contribution < 1.29 is 14.3 Å². The molecule has 0 radical (unpaired) electrons. The number of amides is 1. The maximum Gasteiger partial charge on any atom is 0.255 e. The molecule has 0 bridgehead atoms. The number of hydrogen-bond acceptors (Lipinski definition) is 4. The molecule has 5 heteroatoms. The van der Waals surface area contributed by atoms with Crippen LogP contribution in [0.1, 0.15) is 23.2 Å². The summed E-state index contributed by atoms with van der Waals surface area (Å²) in [7, 11) is 0. The van der Waals surface area contributed by atoms with Crippen LogP contribution in [0.3, 0.4) is 0 Å². The summed E-state index contributed by atoms with van der Waals surface area (Å²) in [6, 6.07) is 5.43. The highest BCUT2D eigenvalue weighted by molar-refractivity contribution is 5.97. The largest absolute Gasteiger partial charge is 0.486 e. The van der Waals surface area contributed by atoms with E-state index in [-0.39, 0.29) is 5.91 Å². The van der Waals surface area contributed by atoms with E-state index in [1.54, 1.807) is 6.07 Å². The van der Waals surface area contributed by atoms with Gasteiger partial charge in [0.25, 0.3) is 5.91 Å². The fourth-order valence-electron chi connectivity index (χ4n) is 2.68. The lowest BCUT2D eigenvalue weighted by atomic mass is 9.99. The molecule has 0 aromatic heterocycles. The van der Waals surface area contributed by atoms with Gasteiger partial charge in [-0.1, -0.05) is 6.07 Å². The maximum atomic E-state index is 12.3. The molecule has 1 saturated heterocycles. The number of hydrogen-bond donors (Lipinski definition) is 2. The molecule has 108 valence electrons. The number of nitrogens with one attached hydrogen (secondary N) is 2. The number of carbonyl (C=O) groups excluding carboxylic acids is 1. The number of ether oxygens (including phenoxy) is 2. The zero-order chi connectivity index (χ0) is 13.8. The first-order valence-electron chi connectivity index (χ1n) is 7.22. The number of benzene rings is 1. The van der Waals surface area contributed by atoms with Crippen LogP contribution in [-0.2, 0) is 0 Å². The average molecular weight is 276 g/mol.